The van der Waals surface area contributed by atoms with Gasteiger partial charge in [0, 0.05) is 28.3 Å². The van der Waals surface area contributed by atoms with Gasteiger partial charge in [0.2, 0.25) is 0 Å². The number of rotatable bonds is 3. The number of hydrogen-bond donors (Lipinski definition) is 1. The monoisotopic (exact) mass is 298 g/mol. The lowest BCUT2D eigenvalue weighted by Crippen LogP contribution is -2.24. The van der Waals surface area contributed by atoms with Gasteiger partial charge in [-0.05, 0) is 0 Å². The standard InChI is InChI=1S/C17H14O5/c1-21-12-7-13(22-2)15-14(11(12)8-18)16(19)9-5-3-4-6-10(9)17(15)20/h3-7,18H,8H2,1-2H3. The van der Waals surface area contributed by atoms with Crippen LogP contribution in [-0.2, 0) is 6.61 Å². The Morgan fingerprint density at radius 1 is 0.909 bits per heavy atom. The van der Waals surface area contributed by atoms with E-state index in [1.165, 1.54) is 20.3 Å². The van der Waals surface area contributed by atoms with Crippen LogP contribution in [0.4, 0.5) is 0 Å². The third-order valence-electron chi connectivity index (χ3n) is 3.83. The molecule has 22 heavy (non-hydrogen) atoms. The highest BCUT2D eigenvalue weighted by molar-refractivity contribution is 6.30. The number of fused-ring (bicyclic) bond motifs is 2. The average Bonchev–Trinajstić information content (AvgIpc) is 2.57. The highest BCUT2D eigenvalue weighted by Gasteiger charge is 2.35. The molecule has 2 aromatic rings. The fourth-order valence-corrected chi connectivity index (χ4v) is 2.80. The van der Waals surface area contributed by atoms with E-state index in [2.05, 4.69) is 0 Å². The second-order valence-corrected chi connectivity index (χ2v) is 4.87. The van der Waals surface area contributed by atoms with Crippen molar-refractivity contribution in [3.05, 3.63) is 58.1 Å². The molecule has 3 rings (SSSR count). The van der Waals surface area contributed by atoms with Gasteiger partial charge < -0.3 is 14.6 Å². The third kappa shape index (κ3) is 1.83. The van der Waals surface area contributed by atoms with E-state index >= 15 is 0 Å². The molecule has 1 aliphatic carbocycles. The quantitative estimate of drug-likeness (QED) is 0.800. The van der Waals surface area contributed by atoms with Gasteiger partial charge in [0.15, 0.2) is 11.6 Å². The maximum absolute atomic E-state index is 12.8. The fraction of sp³-hybridized carbons (Fsp3) is 0.176. The average molecular weight is 298 g/mol. The molecule has 0 heterocycles. The summed E-state index contributed by atoms with van der Waals surface area (Å²) in [6, 6.07) is 8.14. The molecular formula is C17H14O5. The largest absolute Gasteiger partial charge is 0.496 e. The first-order chi connectivity index (χ1) is 10.6. The second-order valence-electron chi connectivity index (χ2n) is 4.87. The minimum Gasteiger partial charge on any atom is -0.496 e. The van der Waals surface area contributed by atoms with Crippen molar-refractivity contribution in [1.29, 1.82) is 0 Å². The lowest BCUT2D eigenvalue weighted by molar-refractivity contribution is 0.0973. The van der Waals surface area contributed by atoms with E-state index in [9.17, 15) is 14.7 Å². The molecule has 1 aliphatic rings. The van der Waals surface area contributed by atoms with Crippen molar-refractivity contribution in [3.63, 3.8) is 0 Å². The van der Waals surface area contributed by atoms with Crippen molar-refractivity contribution in [2.24, 2.45) is 0 Å². The number of ether oxygens (including phenoxy) is 2. The Kier molecular flexibility index (Phi) is 3.42. The molecule has 5 nitrogen and oxygen atoms in total. The number of ketones is 2. The Bertz CT molecular complexity index is 792. The Hall–Kier alpha value is -2.66. The van der Waals surface area contributed by atoms with Crippen molar-refractivity contribution in [2.45, 2.75) is 6.61 Å². The zero-order valence-corrected chi connectivity index (χ0v) is 12.2. The van der Waals surface area contributed by atoms with E-state index in [-0.39, 0.29) is 28.4 Å². The lowest BCUT2D eigenvalue weighted by Gasteiger charge is -2.23. The number of benzene rings is 2. The molecule has 2 aromatic carbocycles. The number of carbonyl (C=O) groups excluding carboxylic acids is 2. The van der Waals surface area contributed by atoms with Crippen LogP contribution in [0.25, 0.3) is 0 Å². The lowest BCUT2D eigenvalue weighted by atomic mass is 9.81. The highest BCUT2D eigenvalue weighted by atomic mass is 16.5. The first-order valence-electron chi connectivity index (χ1n) is 6.71. The van der Waals surface area contributed by atoms with Gasteiger partial charge in [0.05, 0.1) is 26.4 Å². The van der Waals surface area contributed by atoms with Gasteiger partial charge in [-0.3, -0.25) is 9.59 Å². The van der Waals surface area contributed by atoms with E-state index in [4.69, 9.17) is 9.47 Å². The summed E-state index contributed by atoms with van der Waals surface area (Å²) < 4.78 is 10.5. The van der Waals surface area contributed by atoms with E-state index in [0.717, 1.165) is 0 Å². The summed E-state index contributed by atoms with van der Waals surface area (Å²) in [5.41, 5.74) is 1.29. The van der Waals surface area contributed by atoms with Crippen LogP contribution in [-0.4, -0.2) is 30.9 Å². The summed E-state index contributed by atoms with van der Waals surface area (Å²) in [5, 5.41) is 9.64. The molecule has 0 saturated heterocycles. The Morgan fingerprint density at radius 2 is 1.45 bits per heavy atom. The topological polar surface area (TPSA) is 72.8 Å². The van der Waals surface area contributed by atoms with Gasteiger partial charge in [0.1, 0.15) is 11.5 Å². The summed E-state index contributed by atoms with van der Waals surface area (Å²) >= 11 is 0. The van der Waals surface area contributed by atoms with Crippen molar-refractivity contribution < 1.29 is 24.2 Å². The molecule has 0 unspecified atom stereocenters. The highest BCUT2D eigenvalue weighted by Crippen LogP contribution is 2.39. The molecule has 0 aromatic heterocycles. The molecular weight excluding hydrogens is 284 g/mol. The molecule has 0 atom stereocenters. The molecule has 0 amide bonds. The Labute approximate surface area is 127 Å². The predicted octanol–water partition coefficient (Wildman–Crippen LogP) is 1.97. The van der Waals surface area contributed by atoms with Crippen LogP contribution >= 0.6 is 0 Å². The normalized spacial score (nSPS) is 12.7. The smallest absolute Gasteiger partial charge is 0.198 e. The minimum atomic E-state index is -0.406. The van der Waals surface area contributed by atoms with Crippen LogP contribution in [0.1, 0.15) is 37.4 Å². The van der Waals surface area contributed by atoms with Crippen LogP contribution in [0.3, 0.4) is 0 Å². The molecule has 0 spiro atoms. The second kappa shape index (κ2) is 5.27. The minimum absolute atomic E-state index is 0.155. The molecule has 1 N–H and O–H groups in total. The Morgan fingerprint density at radius 3 is 1.95 bits per heavy atom. The van der Waals surface area contributed by atoms with Gasteiger partial charge >= 0.3 is 0 Å². The number of aliphatic hydroxyl groups excluding tert-OH is 1. The molecule has 112 valence electrons. The van der Waals surface area contributed by atoms with Gasteiger partial charge in [-0.25, -0.2) is 0 Å². The number of methoxy groups -OCH3 is 2. The SMILES string of the molecule is COc1cc(OC)c2c(c1CO)C(=O)c1ccccc1C2=O. The fourth-order valence-electron chi connectivity index (χ4n) is 2.80. The van der Waals surface area contributed by atoms with E-state index in [1.807, 2.05) is 0 Å². The molecule has 0 bridgehead atoms. The zero-order chi connectivity index (χ0) is 15.9. The predicted molar refractivity (Wildman–Crippen MR) is 78.8 cm³/mol. The first kappa shape index (κ1) is 14.3. The van der Waals surface area contributed by atoms with E-state index in [0.29, 0.717) is 22.4 Å². The number of carbonyl (C=O) groups is 2. The maximum atomic E-state index is 12.8. The summed E-state index contributed by atoms with van der Waals surface area (Å²) in [6.07, 6.45) is 0. The van der Waals surface area contributed by atoms with Gasteiger partial charge in [-0.1, -0.05) is 24.3 Å². The third-order valence-corrected chi connectivity index (χ3v) is 3.83. The summed E-state index contributed by atoms with van der Waals surface area (Å²) in [7, 11) is 2.86. The van der Waals surface area contributed by atoms with Gasteiger partial charge in [-0.15, -0.1) is 0 Å². The van der Waals surface area contributed by atoms with Gasteiger partial charge in [0.25, 0.3) is 0 Å². The van der Waals surface area contributed by atoms with Gasteiger partial charge in [-0.2, -0.15) is 0 Å². The Balaban J connectivity index is 2.40. The summed E-state index contributed by atoms with van der Waals surface area (Å²) in [5.74, 6) is -0.0265. The number of aliphatic hydroxyl groups is 1. The molecule has 5 heteroatoms. The first-order valence-corrected chi connectivity index (χ1v) is 6.71. The van der Waals surface area contributed by atoms with Crippen molar-refractivity contribution in [2.75, 3.05) is 14.2 Å². The van der Waals surface area contributed by atoms with E-state index < -0.39 is 6.61 Å². The molecule has 0 aliphatic heterocycles. The van der Waals surface area contributed by atoms with Crippen LogP contribution < -0.4 is 9.47 Å². The maximum Gasteiger partial charge on any atom is 0.198 e. The molecule has 0 saturated carbocycles. The van der Waals surface area contributed by atoms with Crippen LogP contribution in [0.5, 0.6) is 11.5 Å². The number of hydrogen-bond acceptors (Lipinski definition) is 5. The summed E-state index contributed by atoms with van der Waals surface area (Å²) in [6.45, 7) is -0.406. The van der Waals surface area contributed by atoms with Crippen molar-refractivity contribution >= 4 is 11.6 Å². The van der Waals surface area contributed by atoms with Crippen LogP contribution in [0.2, 0.25) is 0 Å². The van der Waals surface area contributed by atoms with Crippen molar-refractivity contribution in [3.8, 4) is 11.5 Å². The van der Waals surface area contributed by atoms with Crippen LogP contribution in [0.15, 0.2) is 30.3 Å². The summed E-state index contributed by atoms with van der Waals surface area (Å²) in [4.78, 5) is 25.5. The van der Waals surface area contributed by atoms with Crippen molar-refractivity contribution in [1.82, 2.24) is 0 Å². The van der Waals surface area contributed by atoms with E-state index in [1.54, 1.807) is 24.3 Å². The zero-order valence-electron chi connectivity index (χ0n) is 12.2. The van der Waals surface area contributed by atoms with Crippen LogP contribution in [0, 0.1) is 0 Å². The molecule has 0 radical (unpaired) electrons. The molecule has 0 fully saturated rings.